The third kappa shape index (κ3) is 3.18. The molecule has 0 saturated heterocycles. The van der Waals surface area contributed by atoms with Crippen LogP contribution in [0.15, 0.2) is 69.0 Å². The molecule has 2 amide bonds. The molecule has 0 saturated carbocycles. The van der Waals surface area contributed by atoms with E-state index < -0.39 is 0 Å². The van der Waals surface area contributed by atoms with Crippen LogP contribution in [0, 0.1) is 5.92 Å². The first-order chi connectivity index (χ1) is 12.2. The van der Waals surface area contributed by atoms with Crippen molar-refractivity contribution in [1.29, 1.82) is 0 Å². The zero-order valence-electron chi connectivity index (χ0n) is 13.7. The number of rotatable bonds is 2. The van der Waals surface area contributed by atoms with E-state index in [9.17, 15) is 9.59 Å². The predicted molar refractivity (Wildman–Crippen MR) is 94.5 cm³/mol. The summed E-state index contributed by atoms with van der Waals surface area (Å²) in [6.07, 6.45) is 14.2. The second-order valence-electron chi connectivity index (χ2n) is 6.33. The molecule has 4 rings (SSSR count). The maximum Gasteiger partial charge on any atom is 0.270 e. The maximum absolute atomic E-state index is 12.3. The van der Waals surface area contributed by atoms with Crippen molar-refractivity contribution >= 4 is 23.6 Å². The molecular formula is C20H18N2O3. The highest BCUT2D eigenvalue weighted by Gasteiger charge is 2.32. The summed E-state index contributed by atoms with van der Waals surface area (Å²) in [6.45, 7) is 0. The number of furan rings is 1. The summed E-state index contributed by atoms with van der Waals surface area (Å²) < 4.78 is 5.14. The fourth-order valence-electron chi connectivity index (χ4n) is 3.52. The first-order valence-electron chi connectivity index (χ1n) is 8.48. The van der Waals surface area contributed by atoms with Crippen LogP contribution in [0.3, 0.4) is 0 Å². The number of amides is 2. The van der Waals surface area contributed by atoms with Crippen molar-refractivity contribution in [2.24, 2.45) is 10.9 Å². The standard InChI is InChI=1S/C20H18N2O3/c23-19(10-8-14-4-3-11-25-14)21-13-7-9-16-15-5-1-2-6-17(15)20(24)22-18(16)12-13/h3-4,7-12,16H,1-2,5-6H2,(H,22,24)/b10-8+,21-13?. The Bertz CT molecular complexity index is 867. The lowest BCUT2D eigenvalue weighted by Crippen LogP contribution is -2.37. The summed E-state index contributed by atoms with van der Waals surface area (Å²) >= 11 is 0. The van der Waals surface area contributed by atoms with E-state index in [1.165, 1.54) is 11.6 Å². The monoisotopic (exact) mass is 334 g/mol. The van der Waals surface area contributed by atoms with Crippen molar-refractivity contribution in [1.82, 2.24) is 5.32 Å². The van der Waals surface area contributed by atoms with Gasteiger partial charge in [0, 0.05) is 23.3 Å². The molecule has 0 bridgehead atoms. The van der Waals surface area contributed by atoms with Gasteiger partial charge in [-0.1, -0.05) is 6.08 Å². The number of fused-ring (bicyclic) bond motifs is 2. The molecule has 2 aliphatic carbocycles. The number of hydrogen-bond acceptors (Lipinski definition) is 3. The molecule has 1 N–H and O–H groups in total. The van der Waals surface area contributed by atoms with Crippen molar-refractivity contribution in [3.8, 4) is 0 Å². The van der Waals surface area contributed by atoms with Crippen molar-refractivity contribution in [3.63, 3.8) is 0 Å². The third-order valence-corrected chi connectivity index (χ3v) is 4.69. The number of carbonyl (C=O) groups is 2. The van der Waals surface area contributed by atoms with Crippen LogP contribution < -0.4 is 5.32 Å². The van der Waals surface area contributed by atoms with Crippen LogP contribution in [-0.2, 0) is 9.59 Å². The van der Waals surface area contributed by atoms with Crippen molar-refractivity contribution in [3.05, 3.63) is 65.3 Å². The Kier molecular flexibility index (Phi) is 4.06. The van der Waals surface area contributed by atoms with Gasteiger partial charge in [-0.15, -0.1) is 0 Å². The molecule has 0 radical (unpaired) electrons. The van der Waals surface area contributed by atoms with Gasteiger partial charge in [-0.2, -0.15) is 0 Å². The molecule has 126 valence electrons. The molecule has 3 aliphatic rings. The second kappa shape index (κ2) is 6.51. The maximum atomic E-state index is 12.3. The average molecular weight is 334 g/mol. The smallest absolute Gasteiger partial charge is 0.270 e. The molecule has 1 aromatic heterocycles. The molecule has 0 fully saturated rings. The highest BCUT2D eigenvalue weighted by atomic mass is 16.3. The Labute approximate surface area is 145 Å². The molecule has 1 atom stereocenters. The number of nitrogens with one attached hydrogen (secondary N) is 1. The lowest BCUT2D eigenvalue weighted by molar-refractivity contribution is -0.117. The van der Waals surface area contributed by atoms with Crippen LogP contribution in [-0.4, -0.2) is 17.5 Å². The van der Waals surface area contributed by atoms with Gasteiger partial charge >= 0.3 is 0 Å². The Balaban J connectivity index is 1.54. The molecule has 25 heavy (non-hydrogen) atoms. The molecular weight excluding hydrogens is 316 g/mol. The van der Waals surface area contributed by atoms with Crippen LogP contribution in [0.1, 0.15) is 31.4 Å². The number of allylic oxidation sites excluding steroid dienone is 3. The van der Waals surface area contributed by atoms with Gasteiger partial charge in [0.05, 0.1) is 12.0 Å². The minimum Gasteiger partial charge on any atom is -0.465 e. The van der Waals surface area contributed by atoms with E-state index >= 15 is 0 Å². The molecule has 5 heteroatoms. The fraction of sp³-hybridized carbons (Fsp3) is 0.250. The quantitative estimate of drug-likeness (QED) is 0.843. The third-order valence-electron chi connectivity index (χ3n) is 4.69. The molecule has 2 heterocycles. The molecule has 1 aliphatic heterocycles. The summed E-state index contributed by atoms with van der Waals surface area (Å²) in [6, 6.07) is 3.52. The topological polar surface area (TPSA) is 71.7 Å². The number of carbonyl (C=O) groups excluding carboxylic acids is 2. The summed E-state index contributed by atoms with van der Waals surface area (Å²) in [5, 5.41) is 2.96. The zero-order valence-corrected chi connectivity index (χ0v) is 13.7. The Morgan fingerprint density at radius 2 is 2.20 bits per heavy atom. The van der Waals surface area contributed by atoms with Gasteiger partial charge in [0.25, 0.3) is 11.8 Å². The van der Waals surface area contributed by atoms with E-state index in [-0.39, 0.29) is 17.7 Å². The van der Waals surface area contributed by atoms with Crippen LogP contribution in [0.25, 0.3) is 6.08 Å². The predicted octanol–water partition coefficient (Wildman–Crippen LogP) is 3.33. The van der Waals surface area contributed by atoms with E-state index in [0.29, 0.717) is 11.5 Å². The number of aliphatic imine (C=N–C) groups is 1. The van der Waals surface area contributed by atoms with E-state index in [1.807, 2.05) is 12.2 Å². The van der Waals surface area contributed by atoms with Gasteiger partial charge in [0.15, 0.2) is 0 Å². The van der Waals surface area contributed by atoms with E-state index in [0.717, 1.165) is 37.0 Å². The van der Waals surface area contributed by atoms with Gasteiger partial charge in [0.1, 0.15) is 5.76 Å². The fourth-order valence-corrected chi connectivity index (χ4v) is 3.52. The van der Waals surface area contributed by atoms with Gasteiger partial charge in [0.2, 0.25) is 0 Å². The summed E-state index contributed by atoms with van der Waals surface area (Å²) in [7, 11) is 0. The first-order valence-corrected chi connectivity index (χ1v) is 8.48. The minimum atomic E-state index is -0.369. The SMILES string of the molecule is O=C(/C=C/c1ccco1)N=C1C=CC2C(=C1)NC(=O)C1=C2CCCC1. The molecule has 0 spiro atoms. The van der Waals surface area contributed by atoms with Crippen LogP contribution in [0.5, 0.6) is 0 Å². The number of hydrogen-bond donors (Lipinski definition) is 1. The van der Waals surface area contributed by atoms with Crippen molar-refractivity contribution in [2.75, 3.05) is 0 Å². The van der Waals surface area contributed by atoms with E-state index in [4.69, 9.17) is 4.42 Å². The first kappa shape index (κ1) is 15.6. The lowest BCUT2D eigenvalue weighted by Gasteiger charge is -2.33. The van der Waals surface area contributed by atoms with Crippen LogP contribution in [0.2, 0.25) is 0 Å². The van der Waals surface area contributed by atoms with Crippen LogP contribution in [0.4, 0.5) is 0 Å². The lowest BCUT2D eigenvalue weighted by atomic mass is 9.77. The van der Waals surface area contributed by atoms with Crippen molar-refractivity contribution in [2.45, 2.75) is 25.7 Å². The molecule has 1 unspecified atom stereocenters. The summed E-state index contributed by atoms with van der Waals surface area (Å²) in [5.74, 6) is 0.338. The highest BCUT2D eigenvalue weighted by molar-refractivity contribution is 6.13. The molecule has 1 aromatic rings. The van der Waals surface area contributed by atoms with E-state index in [2.05, 4.69) is 10.3 Å². The average Bonchev–Trinajstić information content (AvgIpc) is 3.14. The summed E-state index contributed by atoms with van der Waals surface area (Å²) in [4.78, 5) is 28.3. The molecule has 5 nitrogen and oxygen atoms in total. The van der Waals surface area contributed by atoms with Gasteiger partial charge in [-0.05, 0) is 61.6 Å². The van der Waals surface area contributed by atoms with Gasteiger partial charge in [-0.3, -0.25) is 9.59 Å². The Hall–Kier alpha value is -2.95. The van der Waals surface area contributed by atoms with E-state index in [1.54, 1.807) is 30.5 Å². The Morgan fingerprint density at radius 3 is 3.04 bits per heavy atom. The van der Waals surface area contributed by atoms with Gasteiger partial charge < -0.3 is 9.73 Å². The largest absolute Gasteiger partial charge is 0.465 e. The highest BCUT2D eigenvalue weighted by Crippen LogP contribution is 2.38. The number of nitrogens with zero attached hydrogens (tertiary/aromatic N) is 1. The Morgan fingerprint density at radius 1 is 1.32 bits per heavy atom. The van der Waals surface area contributed by atoms with Crippen LogP contribution >= 0.6 is 0 Å². The molecule has 0 aromatic carbocycles. The summed E-state index contributed by atoms with van der Waals surface area (Å²) in [5.41, 5.74) is 3.52. The minimum absolute atomic E-state index is 0.00380. The normalized spacial score (nSPS) is 24.2. The zero-order chi connectivity index (χ0) is 17.2. The van der Waals surface area contributed by atoms with Crippen molar-refractivity contribution < 1.29 is 14.0 Å². The van der Waals surface area contributed by atoms with Gasteiger partial charge in [-0.25, -0.2) is 4.99 Å². The second-order valence-corrected chi connectivity index (χ2v) is 6.33.